The summed E-state index contributed by atoms with van der Waals surface area (Å²) in [5.41, 5.74) is 7.30. The highest BCUT2D eigenvalue weighted by Gasteiger charge is 2.51. The van der Waals surface area contributed by atoms with Crippen LogP contribution in [-0.2, 0) is 5.54 Å². The predicted molar refractivity (Wildman–Crippen MR) is 141 cm³/mol. The van der Waals surface area contributed by atoms with Crippen LogP contribution in [0.25, 0.3) is 0 Å². The number of nitrogen functional groups attached to an aromatic ring is 1. The third kappa shape index (κ3) is 4.53. The summed E-state index contributed by atoms with van der Waals surface area (Å²) >= 11 is 0. The van der Waals surface area contributed by atoms with Gasteiger partial charge in [0.25, 0.3) is 8.32 Å². The highest BCUT2D eigenvalue weighted by Crippen LogP contribution is 2.48. The molecule has 4 rings (SSSR count). The van der Waals surface area contributed by atoms with E-state index in [4.69, 9.17) is 10.8 Å². The Bertz CT molecular complexity index is 1030. The minimum atomic E-state index is -2.97. The zero-order valence-electron chi connectivity index (χ0n) is 20.8. The van der Waals surface area contributed by atoms with Gasteiger partial charge in [0.2, 0.25) is 0 Å². The van der Waals surface area contributed by atoms with E-state index in [2.05, 4.69) is 65.0 Å². The monoisotopic (exact) mass is 461 g/mol. The van der Waals surface area contributed by atoms with Crippen LogP contribution in [0.2, 0.25) is 5.04 Å². The Morgan fingerprint density at radius 3 is 1.97 bits per heavy atom. The van der Waals surface area contributed by atoms with E-state index in [0.717, 1.165) is 41.1 Å². The lowest BCUT2D eigenvalue weighted by molar-refractivity contribution is 0.356. The van der Waals surface area contributed by atoms with Crippen molar-refractivity contribution >= 4 is 24.5 Å². The molecular formula is C28H39N3OSi. The minimum Gasteiger partial charge on any atom is -0.424 e. The lowest BCUT2D eigenvalue weighted by atomic mass is 9.93. The van der Waals surface area contributed by atoms with Crippen LogP contribution in [0.5, 0.6) is 0 Å². The van der Waals surface area contributed by atoms with Crippen molar-refractivity contribution in [1.29, 1.82) is 0 Å². The van der Waals surface area contributed by atoms with Gasteiger partial charge in [-0.1, -0.05) is 74.5 Å². The van der Waals surface area contributed by atoms with Gasteiger partial charge in [0.05, 0.1) is 11.2 Å². The standard InChI is InChI=1S/C28H39N3OSi/c1-27(2,3)31-26(29)19-25(30-31)22-17-16-21(18-22)20-28(4,5)33(32,23-12-8-6-9-13-23)24-14-10-7-11-15-24/h6-15,19,21-22,32H,16-18,20,29H2,1-5H3/t21-,22+/m1/s1. The van der Waals surface area contributed by atoms with Gasteiger partial charge in [-0.25, -0.2) is 4.68 Å². The van der Waals surface area contributed by atoms with Crippen molar-refractivity contribution in [1.82, 2.24) is 9.78 Å². The highest BCUT2D eigenvalue weighted by atomic mass is 28.4. The van der Waals surface area contributed by atoms with E-state index in [1.807, 2.05) is 41.1 Å². The molecule has 0 spiro atoms. The first-order chi connectivity index (χ1) is 15.5. The molecular weight excluding hydrogens is 422 g/mol. The Labute approximate surface area is 200 Å². The number of aromatic nitrogens is 2. The molecule has 1 aromatic heterocycles. The number of hydrogen-bond acceptors (Lipinski definition) is 3. The molecule has 1 aliphatic carbocycles. The number of rotatable bonds is 6. The van der Waals surface area contributed by atoms with Crippen LogP contribution in [0, 0.1) is 5.92 Å². The Hall–Kier alpha value is -2.37. The molecule has 4 nitrogen and oxygen atoms in total. The first-order valence-electron chi connectivity index (χ1n) is 12.2. The molecule has 0 bridgehead atoms. The molecule has 0 unspecified atom stereocenters. The minimum absolute atomic E-state index is 0.115. The highest BCUT2D eigenvalue weighted by molar-refractivity contribution is 6.98. The van der Waals surface area contributed by atoms with Gasteiger partial charge in [-0.15, -0.1) is 0 Å². The maximum atomic E-state index is 12.5. The Balaban J connectivity index is 1.58. The van der Waals surface area contributed by atoms with Gasteiger partial charge in [-0.3, -0.25) is 0 Å². The second kappa shape index (κ2) is 8.77. The molecule has 1 aliphatic rings. The van der Waals surface area contributed by atoms with Crippen molar-refractivity contribution in [3.05, 3.63) is 72.4 Å². The zero-order chi connectivity index (χ0) is 23.9. The molecule has 0 radical (unpaired) electrons. The first-order valence-corrected chi connectivity index (χ1v) is 14.2. The number of anilines is 1. The average Bonchev–Trinajstić information content (AvgIpc) is 3.40. The summed E-state index contributed by atoms with van der Waals surface area (Å²) in [5.74, 6) is 1.76. The fraction of sp³-hybridized carbons (Fsp3) is 0.464. The van der Waals surface area contributed by atoms with E-state index >= 15 is 0 Å². The Morgan fingerprint density at radius 1 is 0.939 bits per heavy atom. The van der Waals surface area contributed by atoms with E-state index in [1.54, 1.807) is 0 Å². The average molecular weight is 462 g/mol. The summed E-state index contributed by atoms with van der Waals surface area (Å²) < 4.78 is 1.95. The summed E-state index contributed by atoms with van der Waals surface area (Å²) in [6.07, 6.45) is 4.42. The van der Waals surface area contributed by atoms with E-state index in [0.29, 0.717) is 11.8 Å². The molecule has 2 aromatic carbocycles. The fourth-order valence-electron chi connectivity index (χ4n) is 5.86. The molecule has 3 aromatic rings. The van der Waals surface area contributed by atoms with Crippen LogP contribution in [0.1, 0.15) is 71.9 Å². The maximum Gasteiger partial charge on any atom is 0.258 e. The Morgan fingerprint density at radius 2 is 1.48 bits per heavy atom. The third-order valence-corrected chi connectivity index (χ3v) is 12.0. The van der Waals surface area contributed by atoms with Gasteiger partial charge in [-0.05, 0) is 67.8 Å². The normalized spacial score (nSPS) is 19.7. The SMILES string of the molecule is CC(C)(C)n1nc([C@H]2CC[C@@H](CC(C)(C)[Si](O)(c3ccccc3)c3ccccc3)C2)cc1N. The number of nitrogens with two attached hydrogens (primary N) is 1. The van der Waals surface area contributed by atoms with Gasteiger partial charge in [0, 0.05) is 12.0 Å². The summed E-state index contributed by atoms with van der Waals surface area (Å²) in [4.78, 5) is 12.5. The van der Waals surface area contributed by atoms with Crippen LogP contribution in [0.3, 0.4) is 0 Å². The smallest absolute Gasteiger partial charge is 0.258 e. The summed E-state index contributed by atoms with van der Waals surface area (Å²) in [6.45, 7) is 11.0. The van der Waals surface area contributed by atoms with E-state index in [9.17, 15) is 4.80 Å². The molecule has 5 heteroatoms. The van der Waals surface area contributed by atoms with Crippen LogP contribution in [-0.4, -0.2) is 22.9 Å². The van der Waals surface area contributed by atoms with Crippen LogP contribution in [0.4, 0.5) is 5.82 Å². The van der Waals surface area contributed by atoms with Crippen LogP contribution < -0.4 is 16.1 Å². The van der Waals surface area contributed by atoms with Crippen molar-refractivity contribution in [2.75, 3.05) is 5.73 Å². The molecule has 2 atom stereocenters. The summed E-state index contributed by atoms with van der Waals surface area (Å²) in [5, 5.41) is 6.86. The van der Waals surface area contributed by atoms with Gasteiger partial charge in [-0.2, -0.15) is 5.10 Å². The topological polar surface area (TPSA) is 64.1 Å². The first kappa shape index (κ1) is 23.8. The van der Waals surface area contributed by atoms with Crippen LogP contribution in [0.15, 0.2) is 66.7 Å². The summed E-state index contributed by atoms with van der Waals surface area (Å²) in [6, 6.07) is 22.8. The lowest BCUT2D eigenvalue weighted by Crippen LogP contribution is -2.65. The number of benzene rings is 2. The van der Waals surface area contributed by atoms with E-state index in [1.165, 1.54) is 6.42 Å². The van der Waals surface area contributed by atoms with Crippen molar-refractivity contribution in [3.8, 4) is 0 Å². The lowest BCUT2D eigenvalue weighted by Gasteiger charge is -2.42. The maximum absolute atomic E-state index is 12.5. The largest absolute Gasteiger partial charge is 0.424 e. The molecule has 1 saturated carbocycles. The quantitative estimate of drug-likeness (QED) is 0.506. The third-order valence-electron chi connectivity index (χ3n) is 7.51. The molecule has 33 heavy (non-hydrogen) atoms. The van der Waals surface area contributed by atoms with E-state index in [-0.39, 0.29) is 10.6 Å². The molecule has 0 saturated heterocycles. The van der Waals surface area contributed by atoms with Crippen molar-refractivity contribution in [2.45, 2.75) is 76.8 Å². The summed E-state index contributed by atoms with van der Waals surface area (Å²) in [7, 11) is -2.97. The van der Waals surface area contributed by atoms with Gasteiger partial charge >= 0.3 is 0 Å². The second-order valence-corrected chi connectivity index (χ2v) is 15.4. The van der Waals surface area contributed by atoms with Crippen molar-refractivity contribution in [3.63, 3.8) is 0 Å². The van der Waals surface area contributed by atoms with Crippen LogP contribution >= 0.6 is 0 Å². The number of hydrogen-bond donors (Lipinski definition) is 2. The molecule has 1 fully saturated rings. The molecule has 0 aliphatic heterocycles. The van der Waals surface area contributed by atoms with Crippen molar-refractivity contribution < 1.29 is 4.80 Å². The molecule has 176 valence electrons. The fourth-order valence-corrected chi connectivity index (χ4v) is 9.69. The number of nitrogens with zero attached hydrogens (tertiary/aromatic N) is 2. The molecule has 3 N–H and O–H groups in total. The zero-order valence-corrected chi connectivity index (χ0v) is 21.8. The second-order valence-electron chi connectivity index (χ2n) is 11.5. The molecule has 1 heterocycles. The van der Waals surface area contributed by atoms with Gasteiger partial charge in [0.15, 0.2) is 0 Å². The van der Waals surface area contributed by atoms with Gasteiger partial charge < -0.3 is 10.5 Å². The van der Waals surface area contributed by atoms with Crippen molar-refractivity contribution in [2.24, 2.45) is 5.92 Å². The van der Waals surface area contributed by atoms with E-state index < -0.39 is 8.32 Å². The van der Waals surface area contributed by atoms with Gasteiger partial charge in [0.1, 0.15) is 5.82 Å². The molecule has 0 amide bonds. The predicted octanol–water partition coefficient (Wildman–Crippen LogP) is 5.03. The Kier molecular flexibility index (Phi) is 6.32.